The molecule has 2 N–H and O–H groups in total. The van der Waals surface area contributed by atoms with Gasteiger partial charge in [0.05, 0.1) is 10.6 Å². The van der Waals surface area contributed by atoms with E-state index in [0.29, 0.717) is 9.62 Å². The van der Waals surface area contributed by atoms with Gasteiger partial charge in [-0.05, 0) is 24.3 Å². The minimum atomic E-state index is 0.480. The van der Waals surface area contributed by atoms with Gasteiger partial charge in [-0.3, -0.25) is 4.90 Å². The number of fused-ring (bicyclic) bond motifs is 1. The van der Waals surface area contributed by atoms with Gasteiger partial charge in [0.25, 0.3) is 0 Å². The van der Waals surface area contributed by atoms with E-state index in [4.69, 9.17) is 33.9 Å². The second kappa shape index (κ2) is 6.88. The molecular formula is C17H15Cl2N5S. The SMILES string of the molecule is Nc1ccc(-c2ncc3c(n2)CCN(Cc2sc(Cl)nc2Cl)C3)cc1. The number of nitrogens with two attached hydrogens (primary N) is 1. The zero-order valence-electron chi connectivity index (χ0n) is 13.2. The lowest BCUT2D eigenvalue weighted by Gasteiger charge is -2.27. The summed E-state index contributed by atoms with van der Waals surface area (Å²) in [5, 5.41) is 0.496. The summed E-state index contributed by atoms with van der Waals surface area (Å²) in [6.07, 6.45) is 2.80. The van der Waals surface area contributed by atoms with Crippen molar-refractivity contribution in [2.45, 2.75) is 19.5 Å². The Morgan fingerprint density at radius 1 is 1.16 bits per heavy atom. The van der Waals surface area contributed by atoms with Crippen LogP contribution in [-0.4, -0.2) is 26.4 Å². The summed E-state index contributed by atoms with van der Waals surface area (Å²) in [5.41, 5.74) is 9.70. The molecule has 8 heteroatoms. The van der Waals surface area contributed by atoms with E-state index >= 15 is 0 Å². The highest BCUT2D eigenvalue weighted by molar-refractivity contribution is 7.16. The lowest BCUT2D eigenvalue weighted by molar-refractivity contribution is 0.245. The average Bonchev–Trinajstić information content (AvgIpc) is 2.92. The van der Waals surface area contributed by atoms with Gasteiger partial charge in [0, 0.05) is 49.1 Å². The first-order valence-electron chi connectivity index (χ1n) is 7.82. The lowest BCUT2D eigenvalue weighted by atomic mass is 10.1. The largest absolute Gasteiger partial charge is 0.399 e. The summed E-state index contributed by atoms with van der Waals surface area (Å²) in [6, 6.07) is 7.62. The van der Waals surface area contributed by atoms with Gasteiger partial charge in [-0.25, -0.2) is 15.0 Å². The Morgan fingerprint density at radius 2 is 1.96 bits per heavy atom. The van der Waals surface area contributed by atoms with Crippen LogP contribution >= 0.6 is 34.5 Å². The molecule has 5 nitrogen and oxygen atoms in total. The zero-order chi connectivity index (χ0) is 17.4. The van der Waals surface area contributed by atoms with Crippen molar-refractivity contribution in [3.05, 3.63) is 56.2 Å². The zero-order valence-corrected chi connectivity index (χ0v) is 15.6. The predicted molar refractivity (Wildman–Crippen MR) is 102 cm³/mol. The standard InChI is InChI=1S/C17H15Cl2N5S/c18-15-14(25-17(19)23-15)9-24-6-5-13-11(8-24)7-21-16(22-13)10-1-3-12(20)4-2-10/h1-4,7H,5-6,8-9,20H2. The molecule has 0 amide bonds. The number of hydrogen-bond acceptors (Lipinski definition) is 6. The van der Waals surface area contributed by atoms with Crippen LogP contribution in [0, 0.1) is 0 Å². The van der Waals surface area contributed by atoms with Gasteiger partial charge >= 0.3 is 0 Å². The molecule has 4 rings (SSSR count). The lowest BCUT2D eigenvalue weighted by Crippen LogP contribution is -2.30. The summed E-state index contributed by atoms with van der Waals surface area (Å²) in [4.78, 5) is 16.6. The molecule has 0 bridgehead atoms. The van der Waals surface area contributed by atoms with E-state index in [1.807, 2.05) is 30.5 Å². The van der Waals surface area contributed by atoms with Gasteiger partial charge in [-0.2, -0.15) is 0 Å². The summed E-state index contributed by atoms with van der Waals surface area (Å²) < 4.78 is 0.480. The number of nitrogen functional groups attached to an aromatic ring is 1. The molecular weight excluding hydrogens is 377 g/mol. The second-order valence-electron chi connectivity index (χ2n) is 5.93. The molecule has 0 fully saturated rings. The molecule has 0 spiro atoms. The van der Waals surface area contributed by atoms with E-state index in [2.05, 4.69) is 14.9 Å². The summed E-state index contributed by atoms with van der Waals surface area (Å²) >= 11 is 13.5. The van der Waals surface area contributed by atoms with Crippen LogP contribution in [0.4, 0.5) is 5.69 Å². The fourth-order valence-corrected chi connectivity index (χ4v) is 4.32. The van der Waals surface area contributed by atoms with E-state index in [9.17, 15) is 0 Å². The molecule has 1 aliphatic heterocycles. The van der Waals surface area contributed by atoms with Crippen LogP contribution in [0.5, 0.6) is 0 Å². The monoisotopic (exact) mass is 391 g/mol. The van der Waals surface area contributed by atoms with Crippen molar-refractivity contribution < 1.29 is 0 Å². The molecule has 3 heterocycles. The molecule has 0 unspecified atom stereocenters. The first-order valence-corrected chi connectivity index (χ1v) is 9.39. The molecule has 3 aromatic rings. The van der Waals surface area contributed by atoms with Crippen molar-refractivity contribution in [1.82, 2.24) is 19.9 Å². The van der Waals surface area contributed by atoms with Gasteiger partial charge in [0.1, 0.15) is 5.15 Å². The second-order valence-corrected chi connectivity index (χ2v) is 7.95. The van der Waals surface area contributed by atoms with E-state index in [-0.39, 0.29) is 0 Å². The number of rotatable bonds is 3. The van der Waals surface area contributed by atoms with Crippen LogP contribution in [-0.2, 0) is 19.5 Å². The van der Waals surface area contributed by atoms with Gasteiger partial charge in [-0.15, -0.1) is 11.3 Å². The Morgan fingerprint density at radius 3 is 2.68 bits per heavy atom. The molecule has 0 saturated carbocycles. The van der Waals surface area contributed by atoms with Gasteiger partial charge in [-0.1, -0.05) is 23.2 Å². The molecule has 2 aromatic heterocycles. The molecule has 0 radical (unpaired) electrons. The minimum absolute atomic E-state index is 0.480. The number of nitrogens with zero attached hydrogens (tertiary/aromatic N) is 4. The van der Waals surface area contributed by atoms with Crippen molar-refractivity contribution in [3.8, 4) is 11.4 Å². The predicted octanol–water partition coefficient (Wildman–Crippen LogP) is 4.05. The topological polar surface area (TPSA) is 67.9 Å². The molecule has 128 valence electrons. The highest BCUT2D eigenvalue weighted by Crippen LogP contribution is 2.29. The number of hydrogen-bond donors (Lipinski definition) is 1. The van der Waals surface area contributed by atoms with Crippen LogP contribution in [0.25, 0.3) is 11.4 Å². The maximum atomic E-state index is 6.12. The van der Waals surface area contributed by atoms with Gasteiger partial charge in [0.2, 0.25) is 0 Å². The third kappa shape index (κ3) is 3.62. The fourth-order valence-electron chi connectivity index (χ4n) is 2.89. The molecule has 1 aliphatic rings. The molecule has 0 atom stereocenters. The molecule has 25 heavy (non-hydrogen) atoms. The highest BCUT2D eigenvalue weighted by atomic mass is 35.5. The number of anilines is 1. The van der Waals surface area contributed by atoms with Crippen LogP contribution in [0.1, 0.15) is 16.1 Å². The van der Waals surface area contributed by atoms with Crippen LogP contribution in [0.15, 0.2) is 30.5 Å². The third-order valence-corrected chi connectivity index (χ3v) is 5.74. The van der Waals surface area contributed by atoms with E-state index in [1.165, 1.54) is 11.3 Å². The van der Waals surface area contributed by atoms with Crippen molar-refractivity contribution in [3.63, 3.8) is 0 Å². The third-order valence-electron chi connectivity index (χ3n) is 4.17. The summed E-state index contributed by atoms with van der Waals surface area (Å²) in [6.45, 7) is 2.45. The van der Waals surface area contributed by atoms with Crippen molar-refractivity contribution >= 4 is 40.2 Å². The normalized spacial score (nSPS) is 14.5. The van der Waals surface area contributed by atoms with E-state index in [0.717, 1.165) is 59.3 Å². The number of benzene rings is 1. The Hall–Kier alpha value is -1.73. The smallest absolute Gasteiger partial charge is 0.185 e. The molecule has 0 aliphatic carbocycles. The Labute approximate surface area is 159 Å². The number of halogens is 2. The van der Waals surface area contributed by atoms with E-state index in [1.54, 1.807) is 0 Å². The van der Waals surface area contributed by atoms with Crippen molar-refractivity contribution in [2.75, 3.05) is 12.3 Å². The first kappa shape index (κ1) is 16.7. The van der Waals surface area contributed by atoms with Crippen molar-refractivity contribution in [1.29, 1.82) is 0 Å². The molecule has 1 aromatic carbocycles. The Bertz CT molecular complexity index is 910. The first-order chi connectivity index (χ1) is 12.1. The van der Waals surface area contributed by atoms with Crippen LogP contribution in [0.2, 0.25) is 9.62 Å². The number of aromatic nitrogens is 3. The highest BCUT2D eigenvalue weighted by Gasteiger charge is 2.21. The summed E-state index contributed by atoms with van der Waals surface area (Å²) in [7, 11) is 0. The van der Waals surface area contributed by atoms with Crippen LogP contribution in [0.3, 0.4) is 0 Å². The van der Waals surface area contributed by atoms with Crippen molar-refractivity contribution in [2.24, 2.45) is 0 Å². The fraction of sp³-hybridized carbons (Fsp3) is 0.235. The molecule has 0 saturated heterocycles. The quantitative estimate of drug-likeness (QED) is 0.682. The van der Waals surface area contributed by atoms with Crippen LogP contribution < -0.4 is 5.73 Å². The summed E-state index contributed by atoms with van der Waals surface area (Å²) in [5.74, 6) is 0.740. The minimum Gasteiger partial charge on any atom is -0.399 e. The van der Waals surface area contributed by atoms with Gasteiger partial charge < -0.3 is 5.73 Å². The number of thiazole rings is 1. The maximum absolute atomic E-state index is 6.12. The maximum Gasteiger partial charge on any atom is 0.185 e. The Kier molecular flexibility index (Phi) is 4.60. The van der Waals surface area contributed by atoms with E-state index < -0.39 is 0 Å². The average molecular weight is 392 g/mol. The Balaban J connectivity index is 1.52. The van der Waals surface area contributed by atoms with Gasteiger partial charge in [0.15, 0.2) is 10.3 Å².